The Kier molecular flexibility index (Phi) is 3.00. The first-order valence-corrected chi connectivity index (χ1v) is 6.23. The first-order chi connectivity index (χ1) is 9.28. The summed E-state index contributed by atoms with van der Waals surface area (Å²) in [6, 6.07) is 7.45. The Morgan fingerprint density at radius 1 is 1.37 bits per heavy atom. The van der Waals surface area contributed by atoms with Crippen molar-refractivity contribution in [1.29, 1.82) is 0 Å². The number of aromatic nitrogens is 3. The molecule has 98 valence electrons. The second kappa shape index (κ2) is 4.81. The molecule has 1 aromatic carbocycles. The SMILES string of the molecule is NCc1cccc(C(=O)N2CCn3cnnc3C2)c1. The van der Waals surface area contributed by atoms with Crippen LogP contribution in [0.5, 0.6) is 0 Å². The maximum absolute atomic E-state index is 12.4. The zero-order valence-electron chi connectivity index (χ0n) is 10.5. The normalized spacial score (nSPS) is 14.3. The van der Waals surface area contributed by atoms with E-state index in [0.717, 1.165) is 17.9 Å². The van der Waals surface area contributed by atoms with E-state index in [1.165, 1.54) is 0 Å². The number of carbonyl (C=O) groups is 1. The second-order valence-electron chi connectivity index (χ2n) is 4.57. The highest BCUT2D eigenvalue weighted by Crippen LogP contribution is 2.14. The highest BCUT2D eigenvalue weighted by Gasteiger charge is 2.22. The lowest BCUT2D eigenvalue weighted by Gasteiger charge is -2.27. The van der Waals surface area contributed by atoms with Crippen molar-refractivity contribution < 1.29 is 4.79 Å². The summed E-state index contributed by atoms with van der Waals surface area (Å²) >= 11 is 0. The highest BCUT2D eigenvalue weighted by atomic mass is 16.2. The fourth-order valence-electron chi connectivity index (χ4n) is 2.25. The van der Waals surface area contributed by atoms with E-state index in [-0.39, 0.29) is 5.91 Å². The van der Waals surface area contributed by atoms with Gasteiger partial charge in [-0.05, 0) is 17.7 Å². The monoisotopic (exact) mass is 257 g/mol. The Hall–Kier alpha value is -2.21. The largest absolute Gasteiger partial charge is 0.329 e. The van der Waals surface area contributed by atoms with Crippen LogP contribution in [0.1, 0.15) is 21.7 Å². The summed E-state index contributed by atoms with van der Waals surface area (Å²) in [5.41, 5.74) is 7.24. The molecule has 2 N–H and O–H groups in total. The molecule has 1 amide bonds. The molecule has 19 heavy (non-hydrogen) atoms. The van der Waals surface area contributed by atoms with E-state index in [4.69, 9.17) is 5.73 Å². The average Bonchev–Trinajstić information content (AvgIpc) is 2.94. The lowest BCUT2D eigenvalue weighted by Crippen LogP contribution is -2.38. The van der Waals surface area contributed by atoms with Crippen molar-refractivity contribution >= 4 is 5.91 Å². The van der Waals surface area contributed by atoms with E-state index in [9.17, 15) is 4.79 Å². The van der Waals surface area contributed by atoms with Crippen LogP contribution in [0.4, 0.5) is 0 Å². The van der Waals surface area contributed by atoms with Crippen molar-refractivity contribution in [3.05, 3.63) is 47.5 Å². The van der Waals surface area contributed by atoms with Gasteiger partial charge in [-0.25, -0.2) is 0 Å². The van der Waals surface area contributed by atoms with Gasteiger partial charge < -0.3 is 15.2 Å². The van der Waals surface area contributed by atoms with Crippen molar-refractivity contribution in [2.45, 2.75) is 19.6 Å². The van der Waals surface area contributed by atoms with E-state index in [1.54, 1.807) is 11.2 Å². The van der Waals surface area contributed by atoms with Crippen LogP contribution in [-0.4, -0.2) is 32.1 Å². The Morgan fingerprint density at radius 3 is 3.11 bits per heavy atom. The number of fused-ring (bicyclic) bond motifs is 1. The second-order valence-corrected chi connectivity index (χ2v) is 4.57. The maximum Gasteiger partial charge on any atom is 0.254 e. The number of amides is 1. The quantitative estimate of drug-likeness (QED) is 0.844. The molecule has 6 heteroatoms. The van der Waals surface area contributed by atoms with E-state index in [2.05, 4.69) is 10.2 Å². The van der Waals surface area contributed by atoms with Gasteiger partial charge in [0.15, 0.2) is 5.82 Å². The minimum Gasteiger partial charge on any atom is -0.329 e. The number of hydrogen-bond donors (Lipinski definition) is 1. The van der Waals surface area contributed by atoms with Gasteiger partial charge in [0.25, 0.3) is 5.91 Å². The van der Waals surface area contributed by atoms with Crippen LogP contribution in [0.2, 0.25) is 0 Å². The summed E-state index contributed by atoms with van der Waals surface area (Å²) in [6.45, 7) is 2.36. The van der Waals surface area contributed by atoms with E-state index >= 15 is 0 Å². The van der Waals surface area contributed by atoms with Crippen molar-refractivity contribution in [2.24, 2.45) is 5.73 Å². The molecule has 1 aromatic heterocycles. The predicted octanol–water partition coefficient (Wildman–Crippen LogP) is 0.393. The third-order valence-electron chi connectivity index (χ3n) is 3.34. The molecule has 0 atom stereocenters. The fraction of sp³-hybridized carbons (Fsp3) is 0.308. The number of hydrogen-bond acceptors (Lipinski definition) is 4. The van der Waals surface area contributed by atoms with Crippen molar-refractivity contribution in [2.75, 3.05) is 6.54 Å². The number of benzene rings is 1. The predicted molar refractivity (Wildman–Crippen MR) is 69.1 cm³/mol. The third kappa shape index (κ3) is 2.22. The molecule has 2 aromatic rings. The first-order valence-electron chi connectivity index (χ1n) is 6.23. The van der Waals surface area contributed by atoms with Gasteiger partial charge in [-0.3, -0.25) is 4.79 Å². The minimum atomic E-state index is 0.0181. The number of rotatable bonds is 2. The summed E-state index contributed by atoms with van der Waals surface area (Å²) in [6.07, 6.45) is 1.70. The van der Waals surface area contributed by atoms with Gasteiger partial charge in [0.1, 0.15) is 6.33 Å². The smallest absolute Gasteiger partial charge is 0.254 e. The summed E-state index contributed by atoms with van der Waals surface area (Å²) in [5, 5.41) is 7.87. The van der Waals surface area contributed by atoms with Crippen LogP contribution >= 0.6 is 0 Å². The summed E-state index contributed by atoms with van der Waals surface area (Å²) < 4.78 is 1.97. The van der Waals surface area contributed by atoms with Crippen LogP contribution in [-0.2, 0) is 19.6 Å². The van der Waals surface area contributed by atoms with Gasteiger partial charge in [0.2, 0.25) is 0 Å². The maximum atomic E-state index is 12.4. The number of nitrogens with two attached hydrogens (primary N) is 1. The van der Waals surface area contributed by atoms with Crippen molar-refractivity contribution in [3.63, 3.8) is 0 Å². The third-order valence-corrected chi connectivity index (χ3v) is 3.34. The molecule has 0 bridgehead atoms. The Morgan fingerprint density at radius 2 is 2.26 bits per heavy atom. The minimum absolute atomic E-state index is 0.0181. The van der Waals surface area contributed by atoms with Gasteiger partial charge in [0, 0.05) is 25.2 Å². The summed E-state index contributed by atoms with van der Waals surface area (Å²) in [7, 11) is 0. The molecule has 3 rings (SSSR count). The Bertz CT molecular complexity index is 607. The molecule has 6 nitrogen and oxygen atoms in total. The van der Waals surface area contributed by atoms with Crippen molar-refractivity contribution in [1.82, 2.24) is 19.7 Å². The van der Waals surface area contributed by atoms with Gasteiger partial charge in [-0.1, -0.05) is 12.1 Å². The van der Waals surface area contributed by atoms with Gasteiger partial charge in [-0.2, -0.15) is 0 Å². The number of nitrogens with zero attached hydrogens (tertiary/aromatic N) is 4. The molecule has 0 unspecified atom stereocenters. The lowest BCUT2D eigenvalue weighted by molar-refractivity contribution is 0.0707. The first kappa shape index (κ1) is 11.9. The number of carbonyl (C=O) groups excluding carboxylic acids is 1. The Balaban J connectivity index is 1.81. The molecule has 0 fully saturated rings. The molecule has 0 radical (unpaired) electrons. The van der Waals surface area contributed by atoms with Crippen LogP contribution in [0.25, 0.3) is 0 Å². The molecule has 0 saturated heterocycles. The van der Waals surface area contributed by atoms with Gasteiger partial charge in [0.05, 0.1) is 6.54 Å². The molecular weight excluding hydrogens is 242 g/mol. The van der Waals surface area contributed by atoms with Crippen LogP contribution < -0.4 is 5.73 Å². The van der Waals surface area contributed by atoms with Crippen molar-refractivity contribution in [3.8, 4) is 0 Å². The fourth-order valence-corrected chi connectivity index (χ4v) is 2.25. The van der Waals surface area contributed by atoms with Crippen LogP contribution in [0, 0.1) is 0 Å². The lowest BCUT2D eigenvalue weighted by atomic mass is 10.1. The summed E-state index contributed by atoms with van der Waals surface area (Å²) in [4.78, 5) is 14.2. The zero-order valence-corrected chi connectivity index (χ0v) is 10.5. The Labute approximate surface area is 110 Å². The molecule has 0 spiro atoms. The van der Waals surface area contributed by atoms with Gasteiger partial charge >= 0.3 is 0 Å². The summed E-state index contributed by atoms with van der Waals surface area (Å²) in [5.74, 6) is 0.846. The van der Waals surface area contributed by atoms with E-state index < -0.39 is 0 Å². The molecule has 1 aliphatic rings. The van der Waals surface area contributed by atoms with E-state index in [0.29, 0.717) is 25.2 Å². The highest BCUT2D eigenvalue weighted by molar-refractivity contribution is 5.94. The topological polar surface area (TPSA) is 77.0 Å². The molecule has 1 aliphatic heterocycles. The standard InChI is InChI=1S/C13H15N5O/c14-7-10-2-1-3-11(6-10)13(19)17-4-5-18-9-15-16-12(18)8-17/h1-3,6,9H,4-5,7-8,14H2. The molecule has 2 heterocycles. The van der Waals surface area contributed by atoms with E-state index in [1.807, 2.05) is 28.8 Å². The van der Waals surface area contributed by atoms with Crippen LogP contribution in [0.15, 0.2) is 30.6 Å². The van der Waals surface area contributed by atoms with Gasteiger partial charge in [-0.15, -0.1) is 10.2 Å². The average molecular weight is 257 g/mol. The molecular formula is C13H15N5O. The molecule has 0 saturated carbocycles. The van der Waals surface area contributed by atoms with Crippen LogP contribution in [0.3, 0.4) is 0 Å². The molecule has 0 aliphatic carbocycles. The zero-order chi connectivity index (χ0) is 13.2.